The molecule has 1 heterocycles. The van der Waals surface area contributed by atoms with Crippen molar-refractivity contribution in [3.8, 4) is 0 Å². The molecule has 0 aromatic heterocycles. The van der Waals surface area contributed by atoms with Gasteiger partial charge in [-0.3, -0.25) is 0 Å². The molecule has 1 N–H and O–H groups in total. The monoisotopic (exact) mass is 315 g/mol. The molecule has 1 aromatic carbocycles. The van der Waals surface area contributed by atoms with Gasteiger partial charge >= 0.3 is 5.97 Å². The molecule has 0 bridgehead atoms. The summed E-state index contributed by atoms with van der Waals surface area (Å²) in [5.74, 6) is -2.05. The van der Waals surface area contributed by atoms with Gasteiger partial charge < -0.3 is 5.11 Å². The first-order chi connectivity index (χ1) is 9.77. The van der Waals surface area contributed by atoms with Crippen LogP contribution < -0.4 is 0 Å². The highest BCUT2D eigenvalue weighted by atomic mass is 32.2. The quantitative estimate of drug-likeness (QED) is 0.925. The average Bonchev–Trinajstić information content (AvgIpc) is 2.90. The second kappa shape index (κ2) is 5.73. The van der Waals surface area contributed by atoms with Crippen LogP contribution >= 0.6 is 0 Å². The minimum Gasteiger partial charge on any atom is -0.478 e. The first-order valence-corrected chi connectivity index (χ1v) is 8.25. The van der Waals surface area contributed by atoms with Gasteiger partial charge in [-0.05, 0) is 37.0 Å². The van der Waals surface area contributed by atoms with E-state index in [0.29, 0.717) is 19.0 Å². The molecule has 2 rings (SSSR count). The molecule has 1 fully saturated rings. The van der Waals surface area contributed by atoms with Gasteiger partial charge in [-0.25, -0.2) is 17.6 Å². The van der Waals surface area contributed by atoms with Crippen molar-refractivity contribution in [2.75, 3.05) is 13.1 Å². The third kappa shape index (κ3) is 2.94. The van der Waals surface area contributed by atoms with Crippen LogP contribution in [0.25, 0.3) is 0 Å². The lowest BCUT2D eigenvalue weighted by molar-refractivity contribution is 0.0691. The van der Waals surface area contributed by atoms with Gasteiger partial charge in [-0.15, -0.1) is 0 Å². The van der Waals surface area contributed by atoms with Gasteiger partial charge in [0.25, 0.3) is 0 Å². The van der Waals surface area contributed by atoms with E-state index in [-0.39, 0.29) is 10.5 Å². The van der Waals surface area contributed by atoms with E-state index in [1.54, 1.807) is 0 Å². The lowest BCUT2D eigenvalue weighted by Crippen LogP contribution is -2.29. The number of nitrogens with zero attached hydrogens (tertiary/aromatic N) is 1. The number of hydrogen-bond donors (Lipinski definition) is 1. The lowest BCUT2D eigenvalue weighted by Gasteiger charge is -2.17. The third-order valence-electron chi connectivity index (χ3n) is 3.92. The molecular formula is C14H18FNO4S. The van der Waals surface area contributed by atoms with Crippen LogP contribution in [0.1, 0.15) is 35.7 Å². The Morgan fingerprint density at radius 3 is 2.67 bits per heavy atom. The summed E-state index contributed by atoms with van der Waals surface area (Å²) >= 11 is 0. The minimum atomic E-state index is -3.77. The summed E-state index contributed by atoms with van der Waals surface area (Å²) in [6.45, 7) is 4.21. The molecule has 1 unspecified atom stereocenters. The molecule has 21 heavy (non-hydrogen) atoms. The highest BCUT2D eigenvalue weighted by molar-refractivity contribution is 7.89. The van der Waals surface area contributed by atoms with Crippen LogP contribution in [0.4, 0.5) is 4.39 Å². The van der Waals surface area contributed by atoms with Gasteiger partial charge in [0.15, 0.2) is 0 Å². The Morgan fingerprint density at radius 2 is 2.14 bits per heavy atom. The Balaban J connectivity index is 2.44. The van der Waals surface area contributed by atoms with Crippen molar-refractivity contribution in [1.29, 1.82) is 0 Å². The predicted octanol–water partition coefficient (Wildman–Crippen LogP) is 2.25. The maximum Gasteiger partial charge on any atom is 0.338 e. The van der Waals surface area contributed by atoms with Gasteiger partial charge in [0.2, 0.25) is 10.0 Å². The molecule has 1 aromatic rings. The van der Waals surface area contributed by atoms with Crippen molar-refractivity contribution < 1.29 is 22.7 Å². The number of aryl methyl sites for hydroxylation is 1. The third-order valence-corrected chi connectivity index (χ3v) is 5.77. The van der Waals surface area contributed by atoms with Crippen molar-refractivity contribution in [2.45, 2.75) is 31.6 Å². The van der Waals surface area contributed by atoms with Crippen molar-refractivity contribution in [1.82, 2.24) is 4.31 Å². The van der Waals surface area contributed by atoms with Gasteiger partial charge in [0.05, 0.1) is 10.5 Å². The normalized spacial score (nSPS) is 19.9. The van der Waals surface area contributed by atoms with Crippen molar-refractivity contribution in [3.05, 3.63) is 29.1 Å². The highest BCUT2D eigenvalue weighted by Gasteiger charge is 2.32. The van der Waals surface area contributed by atoms with E-state index < -0.39 is 27.4 Å². The molecule has 0 saturated carbocycles. The van der Waals surface area contributed by atoms with Gasteiger partial charge in [0.1, 0.15) is 5.82 Å². The Bertz CT molecular complexity index is 672. The van der Waals surface area contributed by atoms with E-state index in [1.807, 2.05) is 6.92 Å². The second-order valence-corrected chi connectivity index (χ2v) is 7.27. The molecule has 1 aliphatic rings. The first kappa shape index (κ1) is 15.9. The minimum absolute atomic E-state index is 0.0136. The Morgan fingerprint density at radius 1 is 1.48 bits per heavy atom. The molecular weight excluding hydrogens is 297 g/mol. The summed E-state index contributed by atoms with van der Waals surface area (Å²) in [4.78, 5) is 10.9. The van der Waals surface area contributed by atoms with Crippen LogP contribution in [-0.4, -0.2) is 36.9 Å². The van der Waals surface area contributed by atoms with Gasteiger partial charge in [-0.2, -0.15) is 4.31 Å². The number of carboxylic acid groups (broad SMARTS) is 1. The van der Waals surface area contributed by atoms with Crippen LogP contribution in [0.2, 0.25) is 0 Å². The summed E-state index contributed by atoms with van der Waals surface area (Å²) in [5, 5.41) is 8.98. The number of rotatable bonds is 4. The zero-order chi connectivity index (χ0) is 15.8. The molecule has 1 atom stereocenters. The molecule has 7 heteroatoms. The van der Waals surface area contributed by atoms with Gasteiger partial charge in [-0.1, -0.05) is 13.3 Å². The smallest absolute Gasteiger partial charge is 0.338 e. The van der Waals surface area contributed by atoms with Crippen molar-refractivity contribution in [3.63, 3.8) is 0 Å². The maximum atomic E-state index is 13.7. The van der Waals surface area contributed by atoms with E-state index in [1.165, 1.54) is 17.3 Å². The number of hydrogen-bond acceptors (Lipinski definition) is 3. The summed E-state index contributed by atoms with van der Waals surface area (Å²) in [5.41, 5.74) is -0.598. The summed E-state index contributed by atoms with van der Waals surface area (Å²) in [6, 6.07) is 2.09. The summed E-state index contributed by atoms with van der Waals surface area (Å²) < 4.78 is 40.2. The average molecular weight is 315 g/mol. The van der Waals surface area contributed by atoms with Crippen LogP contribution in [0, 0.1) is 18.7 Å². The number of carbonyl (C=O) groups is 1. The number of benzene rings is 1. The van der Waals surface area contributed by atoms with Gasteiger partial charge in [0, 0.05) is 13.1 Å². The van der Waals surface area contributed by atoms with E-state index in [9.17, 15) is 17.6 Å². The number of sulfonamides is 1. The van der Waals surface area contributed by atoms with E-state index in [2.05, 4.69) is 0 Å². The topological polar surface area (TPSA) is 74.7 Å². The van der Waals surface area contributed by atoms with E-state index in [4.69, 9.17) is 5.11 Å². The fourth-order valence-corrected chi connectivity index (χ4v) is 4.18. The fraction of sp³-hybridized carbons (Fsp3) is 0.500. The Labute approximate surface area is 123 Å². The predicted molar refractivity (Wildman–Crippen MR) is 75.3 cm³/mol. The summed E-state index contributed by atoms with van der Waals surface area (Å²) in [6.07, 6.45) is 1.69. The molecule has 116 valence electrons. The molecule has 0 radical (unpaired) electrons. The van der Waals surface area contributed by atoms with E-state index in [0.717, 1.165) is 18.9 Å². The molecule has 0 aliphatic carbocycles. The molecule has 0 amide bonds. The zero-order valence-corrected chi connectivity index (χ0v) is 12.8. The molecule has 5 nitrogen and oxygen atoms in total. The highest BCUT2D eigenvalue weighted by Crippen LogP contribution is 2.28. The van der Waals surface area contributed by atoms with Crippen molar-refractivity contribution in [2.24, 2.45) is 5.92 Å². The first-order valence-electron chi connectivity index (χ1n) is 6.81. The second-order valence-electron chi connectivity index (χ2n) is 5.33. The fourth-order valence-electron chi connectivity index (χ4n) is 2.54. The summed E-state index contributed by atoms with van der Waals surface area (Å²) in [7, 11) is -3.77. The molecule has 0 spiro atoms. The largest absolute Gasteiger partial charge is 0.478 e. The Hall–Kier alpha value is -1.47. The number of halogens is 1. The molecule has 1 aliphatic heterocycles. The number of carboxylic acids is 1. The van der Waals surface area contributed by atoms with Crippen LogP contribution in [0.5, 0.6) is 0 Å². The zero-order valence-electron chi connectivity index (χ0n) is 12.0. The van der Waals surface area contributed by atoms with Crippen LogP contribution in [0.3, 0.4) is 0 Å². The standard InChI is InChI=1S/C14H18FNO4S/c1-3-10-4-5-16(8-10)21(19,20)11-6-9(2)13(15)12(7-11)14(17)18/h6-7,10H,3-5,8H2,1-2H3,(H,17,18). The SMILES string of the molecule is CCC1CCN(S(=O)(=O)c2cc(C)c(F)c(C(=O)O)c2)C1. The van der Waals surface area contributed by atoms with Crippen LogP contribution in [0.15, 0.2) is 17.0 Å². The lowest BCUT2D eigenvalue weighted by atomic mass is 10.1. The number of aromatic carboxylic acids is 1. The van der Waals surface area contributed by atoms with E-state index >= 15 is 0 Å². The Kier molecular flexibility index (Phi) is 4.34. The molecule has 1 saturated heterocycles. The van der Waals surface area contributed by atoms with Crippen LogP contribution in [-0.2, 0) is 10.0 Å². The van der Waals surface area contributed by atoms with Crippen molar-refractivity contribution >= 4 is 16.0 Å². The maximum absolute atomic E-state index is 13.7.